The van der Waals surface area contributed by atoms with Gasteiger partial charge in [-0.3, -0.25) is 0 Å². The van der Waals surface area contributed by atoms with Crippen LogP contribution >= 0.6 is 0 Å². The summed E-state index contributed by atoms with van der Waals surface area (Å²) in [5.74, 6) is 1.55. The molecule has 1 heterocycles. The van der Waals surface area contributed by atoms with Crippen LogP contribution in [-0.4, -0.2) is 26.9 Å². The van der Waals surface area contributed by atoms with Crippen molar-refractivity contribution in [2.45, 2.75) is 32.2 Å². The largest absolute Gasteiger partial charge is 0.494 e. The van der Waals surface area contributed by atoms with Crippen LogP contribution in [0.15, 0.2) is 24.3 Å². The monoisotopic (exact) mass is 263 g/mol. The number of hydrogen-bond donors (Lipinski definition) is 1. The molecule has 1 aromatic rings. The van der Waals surface area contributed by atoms with E-state index < -0.39 is 0 Å². The number of unbranched alkanes of at least 4 members (excludes halogenated alkanes) is 1. The van der Waals surface area contributed by atoms with Gasteiger partial charge >= 0.3 is 0 Å². The second-order valence-corrected chi connectivity index (χ2v) is 5.16. The Labute approximate surface area is 116 Å². The summed E-state index contributed by atoms with van der Waals surface area (Å²) in [6.45, 7) is 4.73. The van der Waals surface area contributed by atoms with E-state index in [0.29, 0.717) is 12.0 Å². The Balaban J connectivity index is 1.95. The van der Waals surface area contributed by atoms with Crippen molar-refractivity contribution < 1.29 is 9.47 Å². The third-order valence-corrected chi connectivity index (χ3v) is 3.75. The quantitative estimate of drug-likeness (QED) is 0.767. The fraction of sp³-hybridized carbons (Fsp3) is 0.625. The van der Waals surface area contributed by atoms with E-state index >= 15 is 0 Å². The van der Waals surface area contributed by atoms with Gasteiger partial charge in [0, 0.05) is 18.6 Å². The predicted octanol–water partition coefficient (Wildman–Crippen LogP) is 3.16. The summed E-state index contributed by atoms with van der Waals surface area (Å²) < 4.78 is 11.2. The molecule has 0 aliphatic carbocycles. The molecule has 2 atom stereocenters. The Kier molecular flexibility index (Phi) is 5.67. The lowest BCUT2D eigenvalue weighted by molar-refractivity contribution is 0.178. The van der Waals surface area contributed by atoms with E-state index in [9.17, 15) is 0 Å². The molecule has 3 nitrogen and oxygen atoms in total. The Hall–Kier alpha value is -1.06. The number of rotatable bonds is 7. The molecule has 1 aromatic carbocycles. The first kappa shape index (κ1) is 14.4. The van der Waals surface area contributed by atoms with Gasteiger partial charge in [0.1, 0.15) is 5.75 Å². The summed E-state index contributed by atoms with van der Waals surface area (Å²) in [6.07, 6.45) is 3.42. The lowest BCUT2D eigenvalue weighted by Crippen LogP contribution is -2.25. The maximum absolute atomic E-state index is 5.70. The van der Waals surface area contributed by atoms with Gasteiger partial charge in [0.2, 0.25) is 0 Å². The van der Waals surface area contributed by atoms with Crippen LogP contribution in [0, 0.1) is 5.92 Å². The molecule has 0 saturated carbocycles. The molecule has 1 saturated heterocycles. The Morgan fingerprint density at radius 1 is 1.37 bits per heavy atom. The zero-order chi connectivity index (χ0) is 13.5. The van der Waals surface area contributed by atoms with Crippen molar-refractivity contribution in [3.63, 3.8) is 0 Å². The average Bonchev–Trinajstić information content (AvgIpc) is 2.96. The zero-order valence-electron chi connectivity index (χ0n) is 12.0. The van der Waals surface area contributed by atoms with E-state index in [2.05, 4.69) is 36.5 Å². The Bertz CT molecular complexity index is 358. The van der Waals surface area contributed by atoms with Gasteiger partial charge in [-0.1, -0.05) is 25.5 Å². The summed E-state index contributed by atoms with van der Waals surface area (Å²) >= 11 is 0. The van der Waals surface area contributed by atoms with Crippen molar-refractivity contribution in [2.24, 2.45) is 5.92 Å². The highest BCUT2D eigenvalue weighted by Crippen LogP contribution is 2.29. The lowest BCUT2D eigenvalue weighted by atomic mass is 9.92. The van der Waals surface area contributed by atoms with Crippen molar-refractivity contribution in [1.82, 2.24) is 5.32 Å². The minimum Gasteiger partial charge on any atom is -0.494 e. The summed E-state index contributed by atoms with van der Waals surface area (Å²) in [7, 11) is 2.02. The van der Waals surface area contributed by atoms with Crippen LogP contribution in [0.1, 0.15) is 37.8 Å². The molecule has 0 radical (unpaired) electrons. The summed E-state index contributed by atoms with van der Waals surface area (Å²) in [4.78, 5) is 0. The molecular formula is C16H25NO2. The van der Waals surface area contributed by atoms with Gasteiger partial charge in [-0.2, -0.15) is 0 Å². The number of ether oxygens (including phenoxy) is 2. The van der Waals surface area contributed by atoms with Crippen molar-refractivity contribution in [1.29, 1.82) is 0 Å². The second-order valence-electron chi connectivity index (χ2n) is 5.16. The minimum absolute atomic E-state index is 0.382. The number of nitrogens with one attached hydrogen (secondary N) is 1. The first-order valence-corrected chi connectivity index (χ1v) is 7.33. The van der Waals surface area contributed by atoms with Gasteiger partial charge in [0.05, 0.1) is 13.2 Å². The highest BCUT2D eigenvalue weighted by molar-refractivity contribution is 5.29. The Morgan fingerprint density at radius 2 is 2.16 bits per heavy atom. The molecule has 2 unspecified atom stereocenters. The Morgan fingerprint density at radius 3 is 2.74 bits per heavy atom. The normalized spacial score (nSPS) is 20.4. The lowest BCUT2D eigenvalue weighted by Gasteiger charge is -2.22. The third-order valence-electron chi connectivity index (χ3n) is 3.75. The van der Waals surface area contributed by atoms with Gasteiger partial charge in [0.15, 0.2) is 0 Å². The fourth-order valence-electron chi connectivity index (χ4n) is 2.60. The van der Waals surface area contributed by atoms with Crippen LogP contribution in [0.25, 0.3) is 0 Å². The van der Waals surface area contributed by atoms with Crippen LogP contribution in [0.2, 0.25) is 0 Å². The van der Waals surface area contributed by atoms with Gasteiger partial charge in [-0.05, 0) is 37.6 Å². The SMILES string of the molecule is CCCCOc1ccc(C(NC)C2CCOC2)cc1. The molecule has 19 heavy (non-hydrogen) atoms. The van der Waals surface area contributed by atoms with Crippen LogP contribution in [-0.2, 0) is 4.74 Å². The molecule has 2 rings (SSSR count). The summed E-state index contributed by atoms with van der Waals surface area (Å²) in [5, 5.41) is 3.41. The number of benzene rings is 1. The van der Waals surface area contributed by atoms with Gasteiger partial charge in [0.25, 0.3) is 0 Å². The zero-order valence-corrected chi connectivity index (χ0v) is 12.0. The summed E-state index contributed by atoms with van der Waals surface area (Å²) in [6, 6.07) is 8.87. The molecule has 1 N–H and O–H groups in total. The molecule has 3 heteroatoms. The minimum atomic E-state index is 0.382. The van der Waals surface area contributed by atoms with E-state index in [0.717, 1.165) is 38.4 Å². The molecular weight excluding hydrogens is 238 g/mol. The molecule has 0 bridgehead atoms. The van der Waals surface area contributed by atoms with Crippen molar-refractivity contribution >= 4 is 0 Å². The molecule has 1 fully saturated rings. The maximum atomic E-state index is 5.70. The first-order chi connectivity index (χ1) is 9.35. The van der Waals surface area contributed by atoms with Crippen molar-refractivity contribution in [2.75, 3.05) is 26.9 Å². The maximum Gasteiger partial charge on any atom is 0.119 e. The van der Waals surface area contributed by atoms with Crippen molar-refractivity contribution in [3.05, 3.63) is 29.8 Å². The van der Waals surface area contributed by atoms with Crippen LogP contribution < -0.4 is 10.1 Å². The highest BCUT2D eigenvalue weighted by atomic mass is 16.5. The highest BCUT2D eigenvalue weighted by Gasteiger charge is 2.25. The van der Waals surface area contributed by atoms with Crippen LogP contribution in [0.5, 0.6) is 5.75 Å². The van der Waals surface area contributed by atoms with E-state index in [4.69, 9.17) is 9.47 Å². The van der Waals surface area contributed by atoms with Crippen LogP contribution in [0.4, 0.5) is 0 Å². The molecule has 0 amide bonds. The molecule has 106 valence electrons. The fourth-order valence-corrected chi connectivity index (χ4v) is 2.60. The molecule has 0 aromatic heterocycles. The second kappa shape index (κ2) is 7.51. The predicted molar refractivity (Wildman–Crippen MR) is 77.6 cm³/mol. The first-order valence-electron chi connectivity index (χ1n) is 7.33. The molecule has 1 aliphatic heterocycles. The number of hydrogen-bond acceptors (Lipinski definition) is 3. The standard InChI is InChI=1S/C16H25NO2/c1-3-4-10-19-15-7-5-13(6-8-15)16(17-2)14-9-11-18-12-14/h5-8,14,16-17H,3-4,9-12H2,1-2H3. The van der Waals surface area contributed by atoms with Gasteiger partial charge < -0.3 is 14.8 Å². The van der Waals surface area contributed by atoms with E-state index in [1.165, 1.54) is 12.0 Å². The third kappa shape index (κ3) is 3.95. The summed E-state index contributed by atoms with van der Waals surface area (Å²) in [5.41, 5.74) is 1.32. The van der Waals surface area contributed by atoms with E-state index in [1.807, 2.05) is 7.05 Å². The molecule has 0 spiro atoms. The van der Waals surface area contributed by atoms with Gasteiger partial charge in [-0.15, -0.1) is 0 Å². The van der Waals surface area contributed by atoms with Gasteiger partial charge in [-0.25, -0.2) is 0 Å². The van der Waals surface area contributed by atoms with E-state index in [1.54, 1.807) is 0 Å². The molecule has 1 aliphatic rings. The average molecular weight is 263 g/mol. The van der Waals surface area contributed by atoms with E-state index in [-0.39, 0.29) is 0 Å². The van der Waals surface area contributed by atoms with Crippen molar-refractivity contribution in [3.8, 4) is 5.75 Å². The smallest absolute Gasteiger partial charge is 0.119 e. The van der Waals surface area contributed by atoms with Crippen LogP contribution in [0.3, 0.4) is 0 Å². The topological polar surface area (TPSA) is 30.5 Å².